The van der Waals surface area contributed by atoms with E-state index in [1.807, 2.05) is 6.07 Å². The molecule has 1 aromatic carbocycles. The zero-order valence-corrected chi connectivity index (χ0v) is 15.4. The zero-order chi connectivity index (χ0) is 18.9. The summed E-state index contributed by atoms with van der Waals surface area (Å²) < 4.78 is 32.4. The van der Waals surface area contributed by atoms with Crippen molar-refractivity contribution in [2.75, 3.05) is 39.3 Å². The average Bonchev–Trinajstić information content (AvgIpc) is 2.57. The summed E-state index contributed by atoms with van der Waals surface area (Å²) in [4.78, 5) is 23.2. The molecule has 2 amide bonds. The summed E-state index contributed by atoms with van der Waals surface area (Å²) in [5.74, 6) is 0.324. The summed E-state index contributed by atoms with van der Waals surface area (Å²) in [6, 6.07) is 5.41. The van der Waals surface area contributed by atoms with Crippen LogP contribution in [0, 0.1) is 0 Å². The Morgan fingerprint density at radius 1 is 1.08 bits per heavy atom. The first-order valence-electron chi connectivity index (χ1n) is 7.67. The van der Waals surface area contributed by atoms with E-state index >= 15 is 0 Å². The average molecular weight is 372 g/mol. The Morgan fingerprint density at radius 3 is 2.40 bits per heavy atom. The summed E-state index contributed by atoms with van der Waals surface area (Å²) in [7, 11) is -0.0638. The third-order valence-corrected chi connectivity index (χ3v) is 4.30. The highest BCUT2D eigenvalue weighted by Gasteiger charge is 2.10. The number of rotatable bonds is 10. The minimum absolute atomic E-state index is 0.160. The lowest BCUT2D eigenvalue weighted by atomic mass is 10.1. The molecule has 0 radical (unpaired) electrons. The van der Waals surface area contributed by atoms with Crippen LogP contribution in [0.2, 0.25) is 0 Å². The molecule has 140 valence electrons. The van der Waals surface area contributed by atoms with Crippen molar-refractivity contribution in [3.8, 4) is 11.5 Å². The lowest BCUT2D eigenvalue weighted by molar-refractivity contribution is -0.125. The van der Waals surface area contributed by atoms with Crippen molar-refractivity contribution in [1.29, 1.82) is 0 Å². The van der Waals surface area contributed by atoms with Gasteiger partial charge in [0.1, 0.15) is 21.3 Å². The number of hydrogen-bond acceptors (Lipinski definition) is 6. The van der Waals surface area contributed by atoms with Crippen LogP contribution in [-0.4, -0.2) is 59.5 Å². The highest BCUT2D eigenvalue weighted by Crippen LogP contribution is 2.23. The maximum absolute atomic E-state index is 11.7. The van der Waals surface area contributed by atoms with E-state index in [4.69, 9.17) is 9.47 Å². The molecule has 0 atom stereocenters. The topological polar surface area (TPSA) is 111 Å². The molecule has 0 aliphatic heterocycles. The molecule has 0 aliphatic carbocycles. The van der Waals surface area contributed by atoms with Crippen LogP contribution < -0.4 is 20.1 Å². The van der Waals surface area contributed by atoms with Crippen molar-refractivity contribution in [1.82, 2.24) is 10.6 Å². The number of carbonyl (C=O) groups is 2. The fourth-order valence-electron chi connectivity index (χ4n) is 2.02. The van der Waals surface area contributed by atoms with Gasteiger partial charge in [-0.2, -0.15) is 0 Å². The van der Waals surface area contributed by atoms with Gasteiger partial charge in [0.05, 0.1) is 26.5 Å². The summed E-state index contributed by atoms with van der Waals surface area (Å²) in [6.45, 7) is 0.166. The molecule has 0 spiro atoms. The minimum atomic E-state index is -3.20. The van der Waals surface area contributed by atoms with E-state index in [-0.39, 0.29) is 24.6 Å². The standard InChI is InChI=1S/C16H24N2O6S/c1-23-13-4-5-14(24-2)12(10-13)6-8-17-16(20)11-18-15(19)7-9-25(3,21)22/h4-5,10H,6-9,11H2,1-3H3,(H,17,20)(H,18,19). The predicted octanol–water partition coefficient (Wildman–Crippen LogP) is -0.0866. The Kier molecular flexibility index (Phi) is 8.20. The number of amides is 2. The van der Waals surface area contributed by atoms with E-state index in [9.17, 15) is 18.0 Å². The van der Waals surface area contributed by atoms with Crippen LogP contribution in [0.1, 0.15) is 12.0 Å². The van der Waals surface area contributed by atoms with Gasteiger partial charge >= 0.3 is 0 Å². The predicted molar refractivity (Wildman–Crippen MR) is 93.6 cm³/mol. The fourth-order valence-corrected chi connectivity index (χ4v) is 2.58. The molecule has 0 saturated carbocycles. The van der Waals surface area contributed by atoms with E-state index in [1.54, 1.807) is 26.4 Å². The Balaban J connectivity index is 2.36. The highest BCUT2D eigenvalue weighted by atomic mass is 32.2. The number of nitrogens with one attached hydrogen (secondary N) is 2. The van der Waals surface area contributed by atoms with Gasteiger partial charge in [0.2, 0.25) is 11.8 Å². The van der Waals surface area contributed by atoms with Gasteiger partial charge in [-0.05, 0) is 30.2 Å². The third-order valence-electron chi connectivity index (χ3n) is 3.35. The third kappa shape index (κ3) is 8.39. The maximum atomic E-state index is 11.7. The van der Waals surface area contributed by atoms with Gasteiger partial charge in [-0.3, -0.25) is 9.59 Å². The Morgan fingerprint density at radius 2 is 1.80 bits per heavy atom. The number of methoxy groups -OCH3 is 2. The molecule has 25 heavy (non-hydrogen) atoms. The zero-order valence-electron chi connectivity index (χ0n) is 14.6. The number of sulfone groups is 1. The fraction of sp³-hybridized carbons (Fsp3) is 0.500. The number of carbonyl (C=O) groups excluding carboxylic acids is 2. The summed E-state index contributed by atoms with van der Waals surface area (Å²) in [6.07, 6.45) is 1.43. The molecule has 2 N–H and O–H groups in total. The molecular weight excluding hydrogens is 348 g/mol. The van der Waals surface area contributed by atoms with Crippen molar-refractivity contribution in [3.63, 3.8) is 0 Å². The van der Waals surface area contributed by atoms with Gasteiger partial charge in [0.15, 0.2) is 0 Å². The SMILES string of the molecule is COc1ccc(OC)c(CCNC(=O)CNC(=O)CCS(C)(=O)=O)c1. The second-order valence-corrected chi connectivity index (χ2v) is 7.69. The number of benzene rings is 1. The Bertz CT molecular complexity index is 703. The van der Waals surface area contributed by atoms with Crippen LogP contribution >= 0.6 is 0 Å². The second-order valence-electron chi connectivity index (χ2n) is 5.43. The van der Waals surface area contributed by atoms with Crippen LogP contribution in [0.15, 0.2) is 18.2 Å². The summed E-state index contributed by atoms with van der Waals surface area (Å²) in [5.41, 5.74) is 0.888. The smallest absolute Gasteiger partial charge is 0.239 e. The van der Waals surface area contributed by atoms with Crippen molar-refractivity contribution in [3.05, 3.63) is 23.8 Å². The second kappa shape index (κ2) is 9.87. The summed E-state index contributed by atoms with van der Waals surface area (Å²) in [5, 5.41) is 5.06. The van der Waals surface area contributed by atoms with Crippen LogP contribution in [0.25, 0.3) is 0 Å². The monoisotopic (exact) mass is 372 g/mol. The van der Waals surface area contributed by atoms with E-state index < -0.39 is 15.7 Å². The highest BCUT2D eigenvalue weighted by molar-refractivity contribution is 7.90. The molecule has 0 heterocycles. The normalized spacial score (nSPS) is 10.8. The molecule has 0 fully saturated rings. The van der Waals surface area contributed by atoms with E-state index in [0.29, 0.717) is 24.5 Å². The molecule has 0 saturated heterocycles. The largest absolute Gasteiger partial charge is 0.497 e. The number of ether oxygens (including phenoxy) is 2. The molecule has 0 bridgehead atoms. The van der Waals surface area contributed by atoms with Crippen molar-refractivity contribution >= 4 is 21.7 Å². The molecular formula is C16H24N2O6S. The molecule has 0 unspecified atom stereocenters. The van der Waals surface area contributed by atoms with E-state index in [0.717, 1.165) is 11.8 Å². The lowest BCUT2D eigenvalue weighted by Gasteiger charge is -2.11. The number of hydrogen-bond donors (Lipinski definition) is 2. The molecule has 0 aromatic heterocycles. The van der Waals surface area contributed by atoms with Gasteiger partial charge in [-0.1, -0.05) is 0 Å². The Hall–Kier alpha value is -2.29. The van der Waals surface area contributed by atoms with Crippen LogP contribution in [0.5, 0.6) is 11.5 Å². The first-order chi connectivity index (χ1) is 11.7. The molecule has 8 nitrogen and oxygen atoms in total. The van der Waals surface area contributed by atoms with Crippen LogP contribution in [0.3, 0.4) is 0 Å². The maximum Gasteiger partial charge on any atom is 0.239 e. The molecule has 0 aliphatic rings. The molecule has 1 rings (SSSR count). The van der Waals surface area contributed by atoms with Crippen LogP contribution in [0.4, 0.5) is 0 Å². The summed E-state index contributed by atoms with van der Waals surface area (Å²) >= 11 is 0. The van der Waals surface area contributed by atoms with Crippen LogP contribution in [-0.2, 0) is 25.8 Å². The van der Waals surface area contributed by atoms with Crippen molar-refractivity contribution in [2.24, 2.45) is 0 Å². The first kappa shape index (κ1) is 20.8. The first-order valence-corrected chi connectivity index (χ1v) is 9.73. The lowest BCUT2D eigenvalue weighted by Crippen LogP contribution is -2.38. The van der Waals surface area contributed by atoms with Gasteiger partial charge in [-0.15, -0.1) is 0 Å². The quantitative estimate of drug-likeness (QED) is 0.594. The van der Waals surface area contributed by atoms with E-state index in [1.165, 1.54) is 0 Å². The minimum Gasteiger partial charge on any atom is -0.497 e. The van der Waals surface area contributed by atoms with Gasteiger partial charge in [0.25, 0.3) is 0 Å². The van der Waals surface area contributed by atoms with Gasteiger partial charge in [-0.25, -0.2) is 8.42 Å². The van der Waals surface area contributed by atoms with Gasteiger partial charge in [0, 0.05) is 19.2 Å². The van der Waals surface area contributed by atoms with Gasteiger partial charge < -0.3 is 20.1 Å². The van der Waals surface area contributed by atoms with E-state index in [2.05, 4.69) is 10.6 Å². The Labute approximate surface area is 147 Å². The van der Waals surface area contributed by atoms with Crippen molar-refractivity contribution < 1.29 is 27.5 Å². The molecule has 9 heteroatoms. The molecule has 1 aromatic rings. The van der Waals surface area contributed by atoms with Crippen molar-refractivity contribution in [2.45, 2.75) is 12.8 Å².